The molecule has 0 saturated heterocycles. The van der Waals surface area contributed by atoms with E-state index in [1.165, 1.54) is 0 Å². The standard InChI is InChI=1S/C14H14ClNO2/c1-17-13-5-3-4-10(14(13)18-2)9-6-7-11(15)12(16)8-9/h3-8H,16H2,1-2H3. The molecule has 2 rings (SSSR count). The minimum Gasteiger partial charge on any atom is -0.493 e. The van der Waals surface area contributed by atoms with Gasteiger partial charge >= 0.3 is 0 Å². The molecule has 18 heavy (non-hydrogen) atoms. The van der Waals surface area contributed by atoms with E-state index in [9.17, 15) is 0 Å². The summed E-state index contributed by atoms with van der Waals surface area (Å²) in [5.41, 5.74) is 8.21. The van der Waals surface area contributed by atoms with Gasteiger partial charge in [-0.3, -0.25) is 0 Å². The predicted octanol–water partition coefficient (Wildman–Crippen LogP) is 3.61. The number of hydrogen-bond donors (Lipinski definition) is 1. The third-order valence-corrected chi connectivity index (χ3v) is 3.05. The van der Waals surface area contributed by atoms with Crippen LogP contribution in [0.1, 0.15) is 0 Å². The first-order chi connectivity index (χ1) is 8.67. The lowest BCUT2D eigenvalue weighted by Gasteiger charge is -2.13. The molecule has 2 aromatic carbocycles. The van der Waals surface area contributed by atoms with Crippen molar-refractivity contribution in [1.29, 1.82) is 0 Å². The van der Waals surface area contributed by atoms with E-state index in [-0.39, 0.29) is 0 Å². The topological polar surface area (TPSA) is 44.5 Å². The van der Waals surface area contributed by atoms with Crippen LogP contribution in [-0.4, -0.2) is 14.2 Å². The summed E-state index contributed by atoms with van der Waals surface area (Å²) in [6.07, 6.45) is 0. The molecule has 94 valence electrons. The Balaban J connectivity index is 2.59. The highest BCUT2D eigenvalue weighted by Gasteiger charge is 2.11. The molecule has 3 nitrogen and oxygen atoms in total. The Morgan fingerprint density at radius 2 is 1.83 bits per heavy atom. The summed E-state index contributed by atoms with van der Waals surface area (Å²) in [4.78, 5) is 0. The lowest BCUT2D eigenvalue weighted by molar-refractivity contribution is 0.356. The van der Waals surface area contributed by atoms with Crippen molar-refractivity contribution in [2.24, 2.45) is 0 Å². The summed E-state index contributed by atoms with van der Waals surface area (Å²) in [6.45, 7) is 0. The van der Waals surface area contributed by atoms with E-state index in [2.05, 4.69) is 0 Å². The van der Waals surface area contributed by atoms with Crippen LogP contribution in [0.5, 0.6) is 11.5 Å². The van der Waals surface area contributed by atoms with Gasteiger partial charge in [-0.2, -0.15) is 0 Å². The molecular formula is C14H14ClNO2. The van der Waals surface area contributed by atoms with Gasteiger partial charge in [0.15, 0.2) is 11.5 Å². The summed E-state index contributed by atoms with van der Waals surface area (Å²) in [6, 6.07) is 11.2. The zero-order valence-corrected chi connectivity index (χ0v) is 11.0. The molecule has 0 spiro atoms. The first kappa shape index (κ1) is 12.6. The van der Waals surface area contributed by atoms with Crippen molar-refractivity contribution in [1.82, 2.24) is 0 Å². The number of para-hydroxylation sites is 1. The van der Waals surface area contributed by atoms with Crippen molar-refractivity contribution in [3.63, 3.8) is 0 Å². The zero-order valence-electron chi connectivity index (χ0n) is 10.2. The number of methoxy groups -OCH3 is 2. The first-order valence-electron chi connectivity index (χ1n) is 5.43. The zero-order chi connectivity index (χ0) is 13.1. The lowest BCUT2D eigenvalue weighted by atomic mass is 10.0. The highest BCUT2D eigenvalue weighted by molar-refractivity contribution is 6.33. The van der Waals surface area contributed by atoms with Crippen molar-refractivity contribution < 1.29 is 9.47 Å². The van der Waals surface area contributed by atoms with Crippen molar-refractivity contribution in [3.8, 4) is 22.6 Å². The fourth-order valence-electron chi connectivity index (χ4n) is 1.83. The summed E-state index contributed by atoms with van der Waals surface area (Å²) < 4.78 is 10.7. The molecule has 2 aromatic rings. The van der Waals surface area contributed by atoms with Gasteiger partial charge in [0.25, 0.3) is 0 Å². The van der Waals surface area contributed by atoms with Crippen molar-refractivity contribution in [2.75, 3.05) is 20.0 Å². The summed E-state index contributed by atoms with van der Waals surface area (Å²) in [5.74, 6) is 1.37. The molecule has 0 heterocycles. The maximum Gasteiger partial charge on any atom is 0.168 e. The number of rotatable bonds is 3. The van der Waals surface area contributed by atoms with Gasteiger partial charge in [-0.05, 0) is 23.8 Å². The fourth-order valence-corrected chi connectivity index (χ4v) is 1.94. The number of nitrogen functional groups attached to an aromatic ring is 1. The van der Waals surface area contributed by atoms with Gasteiger partial charge in [0, 0.05) is 5.56 Å². The molecule has 0 aliphatic rings. The largest absolute Gasteiger partial charge is 0.493 e. The number of nitrogens with two attached hydrogens (primary N) is 1. The van der Waals surface area contributed by atoms with Crippen LogP contribution in [-0.2, 0) is 0 Å². The summed E-state index contributed by atoms with van der Waals surface area (Å²) in [5, 5.41) is 0.542. The van der Waals surface area contributed by atoms with Gasteiger partial charge in [0.1, 0.15) is 0 Å². The number of hydrogen-bond acceptors (Lipinski definition) is 3. The smallest absolute Gasteiger partial charge is 0.168 e. The lowest BCUT2D eigenvalue weighted by Crippen LogP contribution is -1.94. The second-order valence-electron chi connectivity index (χ2n) is 3.78. The Kier molecular flexibility index (Phi) is 3.63. The molecule has 0 atom stereocenters. The van der Waals surface area contributed by atoms with Crippen molar-refractivity contribution >= 4 is 17.3 Å². The molecule has 0 aromatic heterocycles. The van der Waals surface area contributed by atoms with Crippen molar-refractivity contribution in [2.45, 2.75) is 0 Å². The Morgan fingerprint density at radius 1 is 1.06 bits per heavy atom. The molecule has 4 heteroatoms. The van der Waals surface area contributed by atoms with Crippen LogP contribution in [0.3, 0.4) is 0 Å². The van der Waals surface area contributed by atoms with Gasteiger partial charge in [-0.15, -0.1) is 0 Å². The van der Waals surface area contributed by atoms with E-state index in [4.69, 9.17) is 26.8 Å². The Bertz CT molecular complexity index is 570. The fraction of sp³-hybridized carbons (Fsp3) is 0.143. The van der Waals surface area contributed by atoms with Crippen LogP contribution in [0.15, 0.2) is 36.4 Å². The molecular weight excluding hydrogens is 250 g/mol. The predicted molar refractivity (Wildman–Crippen MR) is 74.4 cm³/mol. The van der Waals surface area contributed by atoms with Gasteiger partial charge < -0.3 is 15.2 Å². The molecule has 0 aliphatic carbocycles. The molecule has 0 radical (unpaired) electrons. The third kappa shape index (κ3) is 2.22. The molecule has 0 aliphatic heterocycles. The van der Waals surface area contributed by atoms with Crippen LogP contribution in [0.25, 0.3) is 11.1 Å². The molecule has 0 bridgehead atoms. The van der Waals surface area contributed by atoms with Crippen molar-refractivity contribution in [3.05, 3.63) is 41.4 Å². The maximum atomic E-state index is 5.92. The maximum absolute atomic E-state index is 5.92. The Labute approximate surface area is 111 Å². The monoisotopic (exact) mass is 263 g/mol. The number of halogens is 1. The van der Waals surface area contributed by atoms with E-state index in [1.54, 1.807) is 20.3 Å². The Morgan fingerprint density at radius 3 is 2.44 bits per heavy atom. The average Bonchev–Trinajstić information content (AvgIpc) is 2.40. The second kappa shape index (κ2) is 5.19. The third-order valence-electron chi connectivity index (χ3n) is 2.71. The average molecular weight is 264 g/mol. The van der Waals surface area contributed by atoms with E-state index in [1.807, 2.05) is 30.3 Å². The SMILES string of the molecule is COc1cccc(-c2ccc(Cl)c(N)c2)c1OC. The summed E-state index contributed by atoms with van der Waals surface area (Å²) >= 11 is 5.92. The highest BCUT2D eigenvalue weighted by atomic mass is 35.5. The van der Waals surface area contributed by atoms with Crippen LogP contribution < -0.4 is 15.2 Å². The second-order valence-corrected chi connectivity index (χ2v) is 4.18. The van der Waals surface area contributed by atoms with Gasteiger partial charge in [0.2, 0.25) is 0 Å². The first-order valence-corrected chi connectivity index (χ1v) is 5.81. The Hall–Kier alpha value is -1.87. The van der Waals surface area contributed by atoms with Gasteiger partial charge in [-0.1, -0.05) is 29.8 Å². The minimum atomic E-state index is 0.541. The molecule has 0 unspecified atom stereocenters. The molecule has 0 amide bonds. The van der Waals surface area contributed by atoms with Crippen LogP contribution in [0.4, 0.5) is 5.69 Å². The van der Waals surface area contributed by atoms with Crippen LogP contribution in [0.2, 0.25) is 5.02 Å². The van der Waals surface area contributed by atoms with E-state index >= 15 is 0 Å². The molecule has 0 fully saturated rings. The minimum absolute atomic E-state index is 0.541. The number of ether oxygens (including phenoxy) is 2. The van der Waals surface area contributed by atoms with E-state index in [0.717, 1.165) is 11.1 Å². The molecule has 2 N–H and O–H groups in total. The normalized spacial score (nSPS) is 10.2. The number of benzene rings is 2. The van der Waals surface area contributed by atoms with Crippen LogP contribution in [0, 0.1) is 0 Å². The highest BCUT2D eigenvalue weighted by Crippen LogP contribution is 2.39. The van der Waals surface area contributed by atoms with Gasteiger partial charge in [0.05, 0.1) is 24.9 Å². The summed E-state index contributed by atoms with van der Waals surface area (Å²) in [7, 11) is 3.22. The molecule has 0 saturated carbocycles. The van der Waals surface area contributed by atoms with E-state index in [0.29, 0.717) is 22.2 Å². The van der Waals surface area contributed by atoms with Crippen LogP contribution >= 0.6 is 11.6 Å². The van der Waals surface area contributed by atoms with Gasteiger partial charge in [-0.25, -0.2) is 0 Å². The van der Waals surface area contributed by atoms with E-state index < -0.39 is 0 Å². The number of anilines is 1. The quantitative estimate of drug-likeness (QED) is 0.861.